The molecule has 0 unspecified atom stereocenters. The second-order valence-corrected chi connectivity index (χ2v) is 8.74. The van der Waals surface area contributed by atoms with Crippen LogP contribution in [0.5, 0.6) is 11.5 Å². The van der Waals surface area contributed by atoms with Gasteiger partial charge >= 0.3 is 0 Å². The number of halogens is 1. The SMILES string of the molecule is COc1ccc(-n2c(SCC(=O)Nc3cc(C)c(Cl)cc3OC)nc3ccccc3c2=O)cc1. The van der Waals surface area contributed by atoms with E-state index >= 15 is 0 Å². The number of aryl methyl sites for hydroxylation is 1. The minimum absolute atomic E-state index is 0.0335. The summed E-state index contributed by atoms with van der Waals surface area (Å²) in [7, 11) is 3.09. The molecule has 0 spiro atoms. The molecule has 0 atom stereocenters. The van der Waals surface area contributed by atoms with Crippen molar-refractivity contribution in [3.05, 3.63) is 81.6 Å². The van der Waals surface area contributed by atoms with Gasteiger partial charge in [-0.05, 0) is 55.0 Å². The minimum Gasteiger partial charge on any atom is -0.497 e. The van der Waals surface area contributed by atoms with E-state index in [1.54, 1.807) is 61.7 Å². The van der Waals surface area contributed by atoms with Gasteiger partial charge < -0.3 is 14.8 Å². The molecule has 7 nitrogen and oxygen atoms in total. The molecule has 0 aliphatic carbocycles. The highest BCUT2D eigenvalue weighted by Crippen LogP contribution is 2.31. The van der Waals surface area contributed by atoms with Crippen LogP contribution in [0.1, 0.15) is 5.56 Å². The molecule has 4 aromatic rings. The number of benzene rings is 3. The third-order valence-electron chi connectivity index (χ3n) is 5.16. The van der Waals surface area contributed by atoms with Crippen molar-refractivity contribution >= 4 is 45.9 Å². The summed E-state index contributed by atoms with van der Waals surface area (Å²) in [4.78, 5) is 30.8. The molecule has 0 aliphatic rings. The fourth-order valence-electron chi connectivity index (χ4n) is 3.41. The number of thioether (sulfide) groups is 1. The number of carbonyl (C=O) groups excluding carboxylic acids is 1. The lowest BCUT2D eigenvalue weighted by molar-refractivity contribution is -0.113. The number of fused-ring (bicyclic) bond motifs is 1. The largest absolute Gasteiger partial charge is 0.497 e. The molecular weight excluding hydrogens is 474 g/mol. The zero-order valence-corrected chi connectivity index (χ0v) is 20.4. The number of nitrogens with zero attached hydrogens (tertiary/aromatic N) is 2. The summed E-state index contributed by atoms with van der Waals surface area (Å²) in [5, 5.41) is 4.30. The van der Waals surface area contributed by atoms with E-state index in [2.05, 4.69) is 10.3 Å². The summed E-state index contributed by atoms with van der Waals surface area (Å²) in [6.45, 7) is 1.85. The summed E-state index contributed by atoms with van der Waals surface area (Å²) in [6.07, 6.45) is 0. The summed E-state index contributed by atoms with van der Waals surface area (Å²) in [5.41, 5.74) is 2.31. The zero-order valence-electron chi connectivity index (χ0n) is 18.8. The first kappa shape index (κ1) is 23.7. The van der Waals surface area contributed by atoms with Crippen molar-refractivity contribution in [2.75, 3.05) is 25.3 Å². The fraction of sp³-hybridized carbons (Fsp3) is 0.160. The monoisotopic (exact) mass is 495 g/mol. The highest BCUT2D eigenvalue weighted by Gasteiger charge is 2.16. The smallest absolute Gasteiger partial charge is 0.266 e. The maximum absolute atomic E-state index is 13.3. The normalized spacial score (nSPS) is 10.8. The number of ether oxygens (including phenoxy) is 2. The number of hydrogen-bond donors (Lipinski definition) is 1. The topological polar surface area (TPSA) is 82.4 Å². The number of para-hydroxylation sites is 1. The van der Waals surface area contributed by atoms with E-state index < -0.39 is 0 Å². The van der Waals surface area contributed by atoms with Crippen molar-refractivity contribution in [3.8, 4) is 17.2 Å². The summed E-state index contributed by atoms with van der Waals surface area (Å²) < 4.78 is 12.1. The summed E-state index contributed by atoms with van der Waals surface area (Å²) >= 11 is 7.32. The molecule has 1 N–H and O–H groups in total. The van der Waals surface area contributed by atoms with Crippen molar-refractivity contribution in [2.45, 2.75) is 12.1 Å². The van der Waals surface area contributed by atoms with Crippen molar-refractivity contribution < 1.29 is 14.3 Å². The second-order valence-electron chi connectivity index (χ2n) is 7.39. The lowest BCUT2D eigenvalue weighted by Gasteiger charge is -2.14. The van der Waals surface area contributed by atoms with Gasteiger partial charge in [0.25, 0.3) is 5.56 Å². The van der Waals surface area contributed by atoms with Crippen molar-refractivity contribution in [2.24, 2.45) is 0 Å². The Hall–Kier alpha value is -3.49. The quantitative estimate of drug-likeness (QED) is 0.284. The van der Waals surface area contributed by atoms with E-state index in [-0.39, 0.29) is 17.2 Å². The number of hydrogen-bond acceptors (Lipinski definition) is 6. The van der Waals surface area contributed by atoms with Crippen LogP contribution in [0, 0.1) is 6.92 Å². The lowest BCUT2D eigenvalue weighted by Crippen LogP contribution is -2.23. The van der Waals surface area contributed by atoms with Crippen LogP contribution in [0.4, 0.5) is 5.69 Å². The number of amides is 1. The summed E-state index contributed by atoms with van der Waals surface area (Å²) in [6, 6.07) is 17.7. The maximum Gasteiger partial charge on any atom is 0.266 e. The fourth-order valence-corrected chi connectivity index (χ4v) is 4.38. The first-order chi connectivity index (χ1) is 16.4. The Morgan fingerprint density at radius 3 is 2.53 bits per heavy atom. The molecule has 0 aliphatic heterocycles. The van der Waals surface area contributed by atoms with Crippen LogP contribution in [0.2, 0.25) is 5.02 Å². The van der Waals surface area contributed by atoms with Gasteiger partial charge in [-0.2, -0.15) is 0 Å². The third kappa shape index (κ3) is 4.88. The molecule has 0 fully saturated rings. The number of aromatic nitrogens is 2. The van der Waals surface area contributed by atoms with Crippen molar-refractivity contribution in [1.29, 1.82) is 0 Å². The van der Waals surface area contributed by atoms with Crippen LogP contribution >= 0.6 is 23.4 Å². The molecule has 0 radical (unpaired) electrons. The number of rotatable bonds is 7. The van der Waals surface area contributed by atoms with Gasteiger partial charge in [0.1, 0.15) is 11.5 Å². The van der Waals surface area contributed by atoms with Crippen LogP contribution in [-0.2, 0) is 4.79 Å². The third-order valence-corrected chi connectivity index (χ3v) is 6.51. The standard InChI is InChI=1S/C25H22ClN3O4S/c1-15-12-21(22(33-3)13-19(15)26)27-23(30)14-34-25-28-20-7-5-4-6-18(20)24(31)29(25)16-8-10-17(32-2)11-9-16/h4-13H,14H2,1-3H3,(H,27,30). The lowest BCUT2D eigenvalue weighted by atomic mass is 10.2. The molecule has 1 aromatic heterocycles. The molecule has 0 saturated heterocycles. The maximum atomic E-state index is 13.3. The number of methoxy groups -OCH3 is 2. The van der Waals surface area contributed by atoms with E-state index in [0.717, 1.165) is 5.56 Å². The van der Waals surface area contributed by atoms with Gasteiger partial charge in [-0.15, -0.1) is 0 Å². The highest BCUT2D eigenvalue weighted by molar-refractivity contribution is 7.99. The van der Waals surface area contributed by atoms with E-state index in [4.69, 9.17) is 21.1 Å². The molecule has 34 heavy (non-hydrogen) atoms. The van der Waals surface area contributed by atoms with Crippen molar-refractivity contribution in [1.82, 2.24) is 9.55 Å². The zero-order chi connectivity index (χ0) is 24.2. The Labute approximate surface area is 205 Å². The van der Waals surface area contributed by atoms with Gasteiger partial charge in [0, 0.05) is 11.1 Å². The molecular formula is C25H22ClN3O4S. The van der Waals surface area contributed by atoms with E-state index in [1.807, 2.05) is 13.0 Å². The molecule has 174 valence electrons. The molecule has 4 rings (SSSR count). The summed E-state index contributed by atoms with van der Waals surface area (Å²) in [5.74, 6) is 0.902. The van der Waals surface area contributed by atoms with Crippen LogP contribution < -0.4 is 20.3 Å². The van der Waals surface area contributed by atoms with Gasteiger partial charge in [0.2, 0.25) is 5.91 Å². The molecule has 3 aromatic carbocycles. The van der Waals surface area contributed by atoms with E-state index in [0.29, 0.717) is 44.0 Å². The van der Waals surface area contributed by atoms with Crippen molar-refractivity contribution in [3.63, 3.8) is 0 Å². The van der Waals surface area contributed by atoms with Gasteiger partial charge in [0.15, 0.2) is 5.16 Å². The van der Waals surface area contributed by atoms with E-state index in [9.17, 15) is 9.59 Å². The number of nitrogens with one attached hydrogen (secondary N) is 1. The average molecular weight is 496 g/mol. The van der Waals surface area contributed by atoms with E-state index in [1.165, 1.54) is 23.4 Å². The Morgan fingerprint density at radius 2 is 1.82 bits per heavy atom. The molecule has 0 bridgehead atoms. The van der Waals surface area contributed by atoms with Gasteiger partial charge in [-0.1, -0.05) is 35.5 Å². The highest BCUT2D eigenvalue weighted by atomic mass is 35.5. The average Bonchev–Trinajstić information content (AvgIpc) is 2.85. The van der Waals surface area contributed by atoms with Crippen LogP contribution in [-0.4, -0.2) is 35.4 Å². The number of carbonyl (C=O) groups is 1. The molecule has 9 heteroatoms. The van der Waals surface area contributed by atoms with Gasteiger partial charge in [0.05, 0.1) is 42.3 Å². The minimum atomic E-state index is -0.270. The first-order valence-corrected chi connectivity index (χ1v) is 11.7. The molecule has 1 amide bonds. The van der Waals surface area contributed by atoms with Gasteiger partial charge in [-0.25, -0.2) is 4.98 Å². The predicted octanol–water partition coefficient (Wildman–Crippen LogP) is 5.10. The molecule has 0 saturated carbocycles. The van der Waals surface area contributed by atoms with Crippen LogP contribution in [0.15, 0.2) is 70.6 Å². The Bertz CT molecular complexity index is 1420. The Morgan fingerprint density at radius 1 is 1.09 bits per heavy atom. The first-order valence-electron chi connectivity index (χ1n) is 10.3. The van der Waals surface area contributed by atoms with Crippen LogP contribution in [0.3, 0.4) is 0 Å². The Kier molecular flexibility index (Phi) is 7.09. The predicted molar refractivity (Wildman–Crippen MR) is 136 cm³/mol. The molecule has 1 heterocycles. The Balaban J connectivity index is 1.65. The van der Waals surface area contributed by atoms with Crippen LogP contribution in [0.25, 0.3) is 16.6 Å². The van der Waals surface area contributed by atoms with Gasteiger partial charge in [-0.3, -0.25) is 14.2 Å². The second kappa shape index (κ2) is 10.2. The number of anilines is 1.